The molecule has 3 rings (SSSR count). The van der Waals surface area contributed by atoms with Crippen molar-refractivity contribution in [2.75, 3.05) is 43.0 Å². The van der Waals surface area contributed by atoms with Crippen LogP contribution in [0.3, 0.4) is 0 Å². The number of hydrogen-bond donors (Lipinski definition) is 1. The molecule has 1 saturated heterocycles. The second-order valence-electron chi connectivity index (χ2n) is 6.53. The summed E-state index contributed by atoms with van der Waals surface area (Å²) in [5.74, 6) is -0.0657. The van der Waals surface area contributed by atoms with E-state index in [2.05, 4.69) is 10.2 Å². The van der Waals surface area contributed by atoms with E-state index in [0.29, 0.717) is 38.5 Å². The molecule has 1 fully saturated rings. The van der Waals surface area contributed by atoms with Gasteiger partial charge < -0.3 is 19.9 Å². The minimum absolute atomic E-state index is 0.191. The SMILES string of the molecule is CCOc1ccc(NC(=O)CC(=O)N2CCN(c3ccc(F)cc3)CC2)cc1. The van der Waals surface area contributed by atoms with Crippen LogP contribution >= 0.6 is 0 Å². The van der Waals surface area contributed by atoms with Crippen molar-refractivity contribution < 1.29 is 18.7 Å². The first kappa shape index (κ1) is 19.7. The van der Waals surface area contributed by atoms with Crippen molar-refractivity contribution >= 4 is 23.2 Å². The van der Waals surface area contributed by atoms with Crippen LogP contribution in [0.15, 0.2) is 48.5 Å². The number of nitrogens with zero attached hydrogens (tertiary/aromatic N) is 2. The molecule has 0 saturated carbocycles. The van der Waals surface area contributed by atoms with Crippen LogP contribution in [0.1, 0.15) is 13.3 Å². The van der Waals surface area contributed by atoms with E-state index >= 15 is 0 Å². The average molecular weight is 385 g/mol. The summed E-state index contributed by atoms with van der Waals surface area (Å²) in [6.07, 6.45) is -0.191. The van der Waals surface area contributed by atoms with Gasteiger partial charge in [0.2, 0.25) is 11.8 Å². The molecule has 2 aromatic carbocycles. The van der Waals surface area contributed by atoms with E-state index in [1.807, 2.05) is 6.92 Å². The van der Waals surface area contributed by atoms with Gasteiger partial charge in [0.25, 0.3) is 0 Å². The summed E-state index contributed by atoms with van der Waals surface area (Å²) in [4.78, 5) is 28.4. The van der Waals surface area contributed by atoms with Crippen molar-refractivity contribution in [2.24, 2.45) is 0 Å². The lowest BCUT2D eigenvalue weighted by Gasteiger charge is -2.36. The van der Waals surface area contributed by atoms with Crippen LogP contribution in [0.5, 0.6) is 5.75 Å². The van der Waals surface area contributed by atoms with Crippen LogP contribution in [0, 0.1) is 5.82 Å². The van der Waals surface area contributed by atoms with Gasteiger partial charge in [0, 0.05) is 37.6 Å². The number of halogens is 1. The van der Waals surface area contributed by atoms with E-state index < -0.39 is 0 Å². The molecule has 0 aliphatic carbocycles. The van der Waals surface area contributed by atoms with E-state index in [4.69, 9.17) is 4.74 Å². The fraction of sp³-hybridized carbons (Fsp3) is 0.333. The number of hydrogen-bond acceptors (Lipinski definition) is 4. The standard InChI is InChI=1S/C21H24FN3O3/c1-2-28-19-9-5-17(6-10-19)23-20(26)15-21(27)25-13-11-24(12-14-25)18-7-3-16(22)4-8-18/h3-10H,2,11-15H2,1H3,(H,23,26). The van der Waals surface area contributed by atoms with Crippen LogP contribution in [0.25, 0.3) is 0 Å². The first-order valence-electron chi connectivity index (χ1n) is 9.36. The van der Waals surface area contributed by atoms with Gasteiger partial charge in [0.1, 0.15) is 18.0 Å². The molecule has 0 spiro atoms. The Kier molecular flexibility index (Phi) is 6.47. The quantitative estimate of drug-likeness (QED) is 0.777. The number of carbonyl (C=O) groups excluding carboxylic acids is 2. The summed E-state index contributed by atoms with van der Waals surface area (Å²) in [5.41, 5.74) is 1.56. The predicted molar refractivity (Wildman–Crippen MR) is 106 cm³/mol. The highest BCUT2D eigenvalue weighted by molar-refractivity contribution is 6.03. The first-order valence-corrected chi connectivity index (χ1v) is 9.36. The van der Waals surface area contributed by atoms with Gasteiger partial charge in [-0.15, -0.1) is 0 Å². The summed E-state index contributed by atoms with van der Waals surface area (Å²) < 4.78 is 18.4. The Morgan fingerprint density at radius 3 is 2.25 bits per heavy atom. The number of carbonyl (C=O) groups is 2. The van der Waals surface area contributed by atoms with Gasteiger partial charge >= 0.3 is 0 Å². The average Bonchev–Trinajstić information content (AvgIpc) is 2.70. The van der Waals surface area contributed by atoms with Crippen molar-refractivity contribution in [3.8, 4) is 5.75 Å². The van der Waals surface area contributed by atoms with E-state index in [1.165, 1.54) is 12.1 Å². The number of ether oxygens (including phenoxy) is 1. The zero-order valence-corrected chi connectivity index (χ0v) is 15.9. The largest absolute Gasteiger partial charge is 0.494 e. The van der Waals surface area contributed by atoms with Crippen LogP contribution in [-0.2, 0) is 9.59 Å². The molecule has 6 nitrogen and oxygen atoms in total. The Labute approximate surface area is 163 Å². The van der Waals surface area contributed by atoms with Crippen molar-refractivity contribution in [3.63, 3.8) is 0 Å². The minimum Gasteiger partial charge on any atom is -0.494 e. The molecular formula is C21H24FN3O3. The molecule has 0 aromatic heterocycles. The lowest BCUT2D eigenvalue weighted by molar-refractivity contribution is -0.134. The molecule has 0 radical (unpaired) electrons. The van der Waals surface area contributed by atoms with Crippen LogP contribution < -0.4 is 15.0 Å². The van der Waals surface area contributed by atoms with Gasteiger partial charge in [-0.05, 0) is 55.5 Å². The van der Waals surface area contributed by atoms with Crippen molar-refractivity contribution in [1.82, 2.24) is 4.90 Å². The Bertz CT molecular complexity index is 801. The third kappa shape index (κ3) is 5.22. The van der Waals surface area contributed by atoms with Crippen LogP contribution in [-0.4, -0.2) is 49.5 Å². The first-order chi connectivity index (χ1) is 13.5. The van der Waals surface area contributed by atoms with Gasteiger partial charge in [-0.1, -0.05) is 0 Å². The Balaban J connectivity index is 1.45. The molecule has 2 amide bonds. The van der Waals surface area contributed by atoms with E-state index in [9.17, 15) is 14.0 Å². The second kappa shape index (κ2) is 9.21. The van der Waals surface area contributed by atoms with Gasteiger partial charge in [-0.3, -0.25) is 9.59 Å². The summed E-state index contributed by atoms with van der Waals surface area (Å²) >= 11 is 0. The molecule has 0 atom stereocenters. The number of nitrogens with one attached hydrogen (secondary N) is 1. The van der Waals surface area contributed by atoms with Gasteiger partial charge in [-0.2, -0.15) is 0 Å². The van der Waals surface area contributed by atoms with Gasteiger partial charge in [0.05, 0.1) is 6.61 Å². The minimum atomic E-state index is -0.338. The maximum absolute atomic E-state index is 13.0. The number of benzene rings is 2. The maximum atomic E-state index is 13.0. The van der Waals surface area contributed by atoms with Crippen molar-refractivity contribution in [2.45, 2.75) is 13.3 Å². The van der Waals surface area contributed by atoms with Gasteiger partial charge in [-0.25, -0.2) is 4.39 Å². The van der Waals surface area contributed by atoms with Crippen molar-refractivity contribution in [1.29, 1.82) is 0 Å². The highest BCUT2D eigenvalue weighted by Crippen LogP contribution is 2.18. The molecule has 0 bridgehead atoms. The number of piperazine rings is 1. The maximum Gasteiger partial charge on any atom is 0.233 e. The molecule has 1 N–H and O–H groups in total. The molecule has 1 aliphatic rings. The summed E-state index contributed by atoms with van der Waals surface area (Å²) in [7, 11) is 0. The molecule has 1 heterocycles. The third-order valence-electron chi connectivity index (χ3n) is 4.59. The molecule has 7 heteroatoms. The topological polar surface area (TPSA) is 61.9 Å². The van der Waals surface area contributed by atoms with E-state index in [-0.39, 0.29) is 24.1 Å². The Morgan fingerprint density at radius 2 is 1.64 bits per heavy atom. The third-order valence-corrected chi connectivity index (χ3v) is 4.59. The lowest BCUT2D eigenvalue weighted by Crippen LogP contribution is -2.49. The predicted octanol–water partition coefficient (Wildman–Crippen LogP) is 2.90. The number of anilines is 2. The fourth-order valence-corrected chi connectivity index (χ4v) is 3.12. The molecule has 28 heavy (non-hydrogen) atoms. The zero-order valence-electron chi connectivity index (χ0n) is 15.9. The van der Waals surface area contributed by atoms with E-state index in [1.54, 1.807) is 41.3 Å². The van der Waals surface area contributed by atoms with E-state index in [0.717, 1.165) is 11.4 Å². The second-order valence-corrected chi connectivity index (χ2v) is 6.53. The molecule has 148 valence electrons. The number of rotatable bonds is 6. The Hall–Kier alpha value is -3.09. The summed E-state index contributed by atoms with van der Waals surface area (Å²) in [6.45, 7) is 4.85. The Morgan fingerprint density at radius 1 is 1.00 bits per heavy atom. The van der Waals surface area contributed by atoms with Crippen molar-refractivity contribution in [3.05, 3.63) is 54.3 Å². The smallest absolute Gasteiger partial charge is 0.233 e. The molecular weight excluding hydrogens is 361 g/mol. The van der Waals surface area contributed by atoms with Gasteiger partial charge in [0.15, 0.2) is 0 Å². The normalized spacial score (nSPS) is 13.9. The monoisotopic (exact) mass is 385 g/mol. The van der Waals surface area contributed by atoms with Crippen LogP contribution in [0.2, 0.25) is 0 Å². The lowest BCUT2D eigenvalue weighted by atomic mass is 10.2. The highest BCUT2D eigenvalue weighted by Gasteiger charge is 2.23. The fourth-order valence-electron chi connectivity index (χ4n) is 3.12. The highest BCUT2D eigenvalue weighted by atomic mass is 19.1. The number of amides is 2. The molecule has 1 aliphatic heterocycles. The van der Waals surface area contributed by atoms with Crippen LogP contribution in [0.4, 0.5) is 15.8 Å². The molecule has 0 unspecified atom stereocenters. The zero-order chi connectivity index (χ0) is 19.9. The molecule has 2 aromatic rings. The summed E-state index contributed by atoms with van der Waals surface area (Å²) in [5, 5.41) is 2.73. The summed E-state index contributed by atoms with van der Waals surface area (Å²) in [6, 6.07) is 13.4.